The molecule has 0 aromatic carbocycles. The minimum absolute atomic E-state index is 0.140. The molecule has 0 amide bonds. The van der Waals surface area contributed by atoms with Crippen molar-refractivity contribution in [1.29, 1.82) is 0 Å². The summed E-state index contributed by atoms with van der Waals surface area (Å²) in [7, 11) is 0. The van der Waals surface area contributed by atoms with Crippen LogP contribution in [0.5, 0.6) is 0 Å². The molecule has 0 heterocycles. The van der Waals surface area contributed by atoms with Crippen LogP contribution >= 0.6 is 0 Å². The lowest BCUT2D eigenvalue weighted by molar-refractivity contribution is 0.140. The molecule has 0 aromatic heterocycles. The molecule has 2 saturated carbocycles. The molecule has 3 N–H and O–H groups in total. The highest BCUT2D eigenvalue weighted by Crippen LogP contribution is 2.31. The Hall–Kier alpha value is -0.120. The summed E-state index contributed by atoms with van der Waals surface area (Å²) in [5.74, 6) is 1.12. The minimum Gasteiger partial charge on any atom is -0.396 e. The average molecular weight is 213 g/mol. The Morgan fingerprint density at radius 1 is 1.00 bits per heavy atom. The third kappa shape index (κ3) is 2.71. The third-order valence-electron chi connectivity index (χ3n) is 4.17. The van der Waals surface area contributed by atoms with Crippen molar-refractivity contribution in [3.63, 3.8) is 0 Å². The second kappa shape index (κ2) is 5.28. The van der Waals surface area contributed by atoms with Crippen LogP contribution < -0.4 is 5.32 Å². The SMILES string of the molecule is OCC1CCCC1CN[C@@H]1CCC[C@H]1O. The van der Waals surface area contributed by atoms with E-state index in [2.05, 4.69) is 5.32 Å². The van der Waals surface area contributed by atoms with Gasteiger partial charge in [0.25, 0.3) is 0 Å². The Morgan fingerprint density at radius 3 is 2.40 bits per heavy atom. The minimum atomic E-state index is -0.140. The summed E-state index contributed by atoms with van der Waals surface area (Å²) in [5.41, 5.74) is 0. The van der Waals surface area contributed by atoms with E-state index in [4.69, 9.17) is 0 Å². The van der Waals surface area contributed by atoms with Gasteiger partial charge in [0.2, 0.25) is 0 Å². The summed E-state index contributed by atoms with van der Waals surface area (Å²) in [6.07, 6.45) is 6.73. The van der Waals surface area contributed by atoms with Crippen LogP contribution in [0.2, 0.25) is 0 Å². The lowest BCUT2D eigenvalue weighted by Crippen LogP contribution is -2.39. The van der Waals surface area contributed by atoms with Crippen molar-refractivity contribution in [2.45, 2.75) is 50.7 Å². The zero-order chi connectivity index (χ0) is 10.7. The molecule has 15 heavy (non-hydrogen) atoms. The molecule has 88 valence electrons. The van der Waals surface area contributed by atoms with Crippen molar-refractivity contribution < 1.29 is 10.2 Å². The molecule has 3 nitrogen and oxygen atoms in total. The molecule has 0 aromatic rings. The zero-order valence-electron chi connectivity index (χ0n) is 9.36. The van der Waals surface area contributed by atoms with Gasteiger partial charge in [0.1, 0.15) is 0 Å². The molecule has 2 unspecified atom stereocenters. The summed E-state index contributed by atoms with van der Waals surface area (Å²) in [4.78, 5) is 0. The van der Waals surface area contributed by atoms with Crippen LogP contribution in [0.15, 0.2) is 0 Å². The molecule has 0 aliphatic heterocycles. The predicted molar refractivity (Wildman–Crippen MR) is 59.6 cm³/mol. The van der Waals surface area contributed by atoms with Crippen LogP contribution in [0, 0.1) is 11.8 Å². The van der Waals surface area contributed by atoms with Crippen molar-refractivity contribution in [2.24, 2.45) is 11.8 Å². The molecule has 0 radical (unpaired) electrons. The van der Waals surface area contributed by atoms with Crippen LogP contribution in [0.1, 0.15) is 38.5 Å². The maximum atomic E-state index is 9.67. The summed E-state index contributed by atoms with van der Waals surface area (Å²) in [5, 5.41) is 22.4. The van der Waals surface area contributed by atoms with E-state index in [-0.39, 0.29) is 6.10 Å². The summed E-state index contributed by atoms with van der Waals surface area (Å²) < 4.78 is 0. The van der Waals surface area contributed by atoms with E-state index in [1.807, 2.05) is 0 Å². The van der Waals surface area contributed by atoms with Gasteiger partial charge in [0.05, 0.1) is 6.10 Å². The number of aliphatic hydroxyl groups excluding tert-OH is 2. The van der Waals surface area contributed by atoms with Crippen LogP contribution in [0.25, 0.3) is 0 Å². The van der Waals surface area contributed by atoms with Crippen molar-refractivity contribution in [2.75, 3.05) is 13.2 Å². The zero-order valence-corrected chi connectivity index (χ0v) is 9.36. The van der Waals surface area contributed by atoms with Gasteiger partial charge in [-0.05, 0) is 50.5 Å². The highest BCUT2D eigenvalue weighted by molar-refractivity contribution is 4.85. The van der Waals surface area contributed by atoms with Crippen molar-refractivity contribution in [3.05, 3.63) is 0 Å². The Morgan fingerprint density at radius 2 is 1.73 bits per heavy atom. The fourth-order valence-electron chi connectivity index (χ4n) is 3.10. The summed E-state index contributed by atoms with van der Waals surface area (Å²) in [6.45, 7) is 1.31. The van der Waals surface area contributed by atoms with E-state index < -0.39 is 0 Å². The highest BCUT2D eigenvalue weighted by Gasteiger charge is 2.29. The third-order valence-corrected chi connectivity index (χ3v) is 4.17. The van der Waals surface area contributed by atoms with E-state index in [1.54, 1.807) is 0 Å². The Bertz CT molecular complexity index is 198. The smallest absolute Gasteiger partial charge is 0.0693 e. The maximum Gasteiger partial charge on any atom is 0.0693 e. The number of aliphatic hydroxyl groups is 2. The lowest BCUT2D eigenvalue weighted by Gasteiger charge is -2.22. The maximum absolute atomic E-state index is 9.67. The van der Waals surface area contributed by atoms with Gasteiger partial charge < -0.3 is 15.5 Å². The van der Waals surface area contributed by atoms with Crippen LogP contribution in [0.3, 0.4) is 0 Å². The summed E-state index contributed by atoms with van der Waals surface area (Å²) in [6, 6.07) is 0.310. The van der Waals surface area contributed by atoms with Gasteiger partial charge in [-0.2, -0.15) is 0 Å². The number of rotatable bonds is 4. The Balaban J connectivity index is 1.72. The Kier molecular flexibility index (Phi) is 4.00. The molecule has 0 saturated heterocycles. The molecule has 2 aliphatic carbocycles. The second-order valence-corrected chi connectivity index (χ2v) is 5.15. The molecular formula is C12H23NO2. The monoisotopic (exact) mass is 213 g/mol. The lowest BCUT2D eigenvalue weighted by atomic mass is 9.96. The molecule has 0 spiro atoms. The molecule has 2 fully saturated rings. The molecule has 4 atom stereocenters. The standard InChI is InChI=1S/C12H23NO2/c14-8-10-4-1-3-9(10)7-13-11-5-2-6-12(11)15/h9-15H,1-8H2/t9?,10?,11-,12-/m1/s1. The average Bonchev–Trinajstić information content (AvgIpc) is 2.83. The number of hydrogen-bond acceptors (Lipinski definition) is 3. The van der Waals surface area contributed by atoms with Gasteiger partial charge in [0.15, 0.2) is 0 Å². The first-order valence-electron chi connectivity index (χ1n) is 6.33. The van der Waals surface area contributed by atoms with Crippen LogP contribution in [-0.4, -0.2) is 35.5 Å². The van der Waals surface area contributed by atoms with E-state index in [0.717, 1.165) is 25.8 Å². The molecule has 2 aliphatic rings. The van der Waals surface area contributed by atoms with Gasteiger partial charge in [0, 0.05) is 12.6 Å². The first-order valence-corrected chi connectivity index (χ1v) is 6.33. The van der Waals surface area contributed by atoms with Gasteiger partial charge in [-0.3, -0.25) is 0 Å². The molecule has 0 bridgehead atoms. The van der Waals surface area contributed by atoms with E-state index in [1.165, 1.54) is 19.3 Å². The predicted octanol–water partition coefficient (Wildman–Crippen LogP) is 0.898. The number of hydrogen-bond donors (Lipinski definition) is 3. The Labute approximate surface area is 91.9 Å². The van der Waals surface area contributed by atoms with E-state index >= 15 is 0 Å². The van der Waals surface area contributed by atoms with Gasteiger partial charge >= 0.3 is 0 Å². The topological polar surface area (TPSA) is 52.5 Å². The second-order valence-electron chi connectivity index (χ2n) is 5.15. The summed E-state index contributed by atoms with van der Waals surface area (Å²) >= 11 is 0. The molecular weight excluding hydrogens is 190 g/mol. The quantitative estimate of drug-likeness (QED) is 0.650. The first-order chi connectivity index (χ1) is 7.31. The molecule has 3 heteroatoms. The fourth-order valence-corrected chi connectivity index (χ4v) is 3.10. The van der Waals surface area contributed by atoms with E-state index in [0.29, 0.717) is 24.5 Å². The normalized spacial score (nSPS) is 41.2. The van der Waals surface area contributed by atoms with Crippen LogP contribution in [-0.2, 0) is 0 Å². The highest BCUT2D eigenvalue weighted by atomic mass is 16.3. The molecule has 2 rings (SSSR count). The van der Waals surface area contributed by atoms with Crippen molar-refractivity contribution >= 4 is 0 Å². The number of nitrogens with one attached hydrogen (secondary N) is 1. The van der Waals surface area contributed by atoms with Gasteiger partial charge in [-0.25, -0.2) is 0 Å². The fraction of sp³-hybridized carbons (Fsp3) is 1.00. The van der Waals surface area contributed by atoms with Crippen molar-refractivity contribution in [1.82, 2.24) is 5.32 Å². The van der Waals surface area contributed by atoms with Gasteiger partial charge in [-0.1, -0.05) is 6.42 Å². The largest absolute Gasteiger partial charge is 0.396 e. The van der Waals surface area contributed by atoms with Gasteiger partial charge in [-0.15, -0.1) is 0 Å². The van der Waals surface area contributed by atoms with Crippen molar-refractivity contribution in [3.8, 4) is 0 Å². The first kappa shape index (κ1) is 11.4. The van der Waals surface area contributed by atoms with Crippen LogP contribution in [0.4, 0.5) is 0 Å². The van der Waals surface area contributed by atoms with E-state index in [9.17, 15) is 10.2 Å².